The maximum atomic E-state index is 5.26. The number of nitrogens with zero attached hydrogens (tertiary/aromatic N) is 4. The van der Waals surface area contributed by atoms with Gasteiger partial charge in [-0.2, -0.15) is 0 Å². The molecule has 1 rings (SSSR count). The average Bonchev–Trinajstić information content (AvgIpc) is 2.72. The fraction of sp³-hybridized carbons (Fsp3) is 0.900. The van der Waals surface area contributed by atoms with Gasteiger partial charge in [0.25, 0.3) is 0 Å². The fourth-order valence-corrected chi connectivity index (χ4v) is 1.92. The van der Waals surface area contributed by atoms with E-state index in [0.717, 1.165) is 24.8 Å². The number of nitrogens with one attached hydrogen (secondary N) is 1. The molecule has 0 aliphatic carbocycles. The molecule has 1 heterocycles. The van der Waals surface area contributed by atoms with Gasteiger partial charge in [-0.3, -0.25) is 0 Å². The van der Waals surface area contributed by atoms with Crippen molar-refractivity contribution in [2.45, 2.75) is 32.5 Å². The van der Waals surface area contributed by atoms with Gasteiger partial charge in [-0.1, -0.05) is 25.6 Å². The van der Waals surface area contributed by atoms with Gasteiger partial charge in [0, 0.05) is 13.2 Å². The predicted octanol–water partition coefficient (Wildman–Crippen LogP) is 1.00. The van der Waals surface area contributed by atoms with E-state index in [1.807, 2.05) is 6.92 Å². The average molecular weight is 259 g/mol. The Morgan fingerprint density at radius 2 is 2.29 bits per heavy atom. The molecule has 0 amide bonds. The topological polar surface area (TPSA) is 64.9 Å². The van der Waals surface area contributed by atoms with Crippen molar-refractivity contribution in [3.63, 3.8) is 0 Å². The minimum atomic E-state index is 0.594. The summed E-state index contributed by atoms with van der Waals surface area (Å²) in [4.78, 5) is 0. The van der Waals surface area contributed by atoms with Crippen molar-refractivity contribution in [1.82, 2.24) is 25.5 Å². The second-order valence-electron chi connectivity index (χ2n) is 4.04. The van der Waals surface area contributed by atoms with Crippen LogP contribution in [0.15, 0.2) is 5.16 Å². The quantitative estimate of drug-likeness (QED) is 0.405. The fourth-order valence-electron chi connectivity index (χ4n) is 1.19. The molecule has 1 aromatic rings. The standard InChI is InChI=1S/C10H21N5OS/c1-4-16-8-17-10-12-13-14-15(10)6-5-11-7-9(2)3/h9,11H,4-8H2,1-3H3. The Labute approximate surface area is 106 Å². The zero-order valence-corrected chi connectivity index (χ0v) is 11.5. The molecule has 0 bridgehead atoms. The summed E-state index contributed by atoms with van der Waals surface area (Å²) < 4.78 is 7.06. The molecule has 0 spiro atoms. The molecule has 0 aromatic carbocycles. The molecule has 0 unspecified atom stereocenters. The van der Waals surface area contributed by atoms with Gasteiger partial charge in [0.15, 0.2) is 0 Å². The maximum Gasteiger partial charge on any atom is 0.211 e. The number of aromatic nitrogens is 4. The van der Waals surface area contributed by atoms with Crippen LogP contribution in [-0.2, 0) is 11.3 Å². The number of hydrogen-bond donors (Lipinski definition) is 1. The highest BCUT2D eigenvalue weighted by Crippen LogP contribution is 2.12. The molecule has 1 aromatic heterocycles. The van der Waals surface area contributed by atoms with Crippen molar-refractivity contribution in [1.29, 1.82) is 0 Å². The van der Waals surface area contributed by atoms with E-state index in [-0.39, 0.29) is 0 Å². The van der Waals surface area contributed by atoms with Gasteiger partial charge in [-0.25, -0.2) is 4.68 Å². The second-order valence-corrected chi connectivity index (χ2v) is 4.93. The molecule has 0 atom stereocenters. The Balaban J connectivity index is 2.25. The first-order chi connectivity index (χ1) is 8.24. The van der Waals surface area contributed by atoms with E-state index in [1.54, 1.807) is 4.68 Å². The van der Waals surface area contributed by atoms with Crippen LogP contribution in [0.2, 0.25) is 0 Å². The zero-order valence-electron chi connectivity index (χ0n) is 10.7. The monoisotopic (exact) mass is 259 g/mol. The molecule has 6 nitrogen and oxygen atoms in total. The number of tetrazole rings is 1. The molecule has 0 aliphatic heterocycles. The molecule has 1 N–H and O–H groups in total. The summed E-state index contributed by atoms with van der Waals surface area (Å²) in [6, 6.07) is 0. The Bertz CT molecular complexity index is 305. The third-order valence-corrected chi connectivity index (χ3v) is 2.86. The largest absolute Gasteiger partial charge is 0.371 e. The van der Waals surface area contributed by atoms with Gasteiger partial charge in [-0.05, 0) is 29.8 Å². The number of rotatable bonds is 9. The molecular weight excluding hydrogens is 238 g/mol. The summed E-state index contributed by atoms with van der Waals surface area (Å²) in [7, 11) is 0. The third kappa shape index (κ3) is 5.99. The molecular formula is C10H21N5OS. The van der Waals surface area contributed by atoms with Gasteiger partial charge in [0.05, 0.1) is 12.5 Å². The molecule has 0 fully saturated rings. The lowest BCUT2D eigenvalue weighted by molar-refractivity contribution is 0.199. The lowest BCUT2D eigenvalue weighted by Gasteiger charge is -2.07. The Morgan fingerprint density at radius 3 is 3.00 bits per heavy atom. The van der Waals surface area contributed by atoms with Crippen LogP contribution in [0.4, 0.5) is 0 Å². The van der Waals surface area contributed by atoms with Crippen molar-refractivity contribution in [3.8, 4) is 0 Å². The van der Waals surface area contributed by atoms with E-state index in [9.17, 15) is 0 Å². The Morgan fingerprint density at radius 1 is 1.47 bits per heavy atom. The zero-order chi connectivity index (χ0) is 12.5. The first-order valence-electron chi connectivity index (χ1n) is 5.91. The van der Waals surface area contributed by atoms with Crippen LogP contribution >= 0.6 is 11.8 Å². The number of ether oxygens (including phenoxy) is 1. The van der Waals surface area contributed by atoms with E-state index in [2.05, 4.69) is 34.7 Å². The second kappa shape index (κ2) is 8.43. The first kappa shape index (κ1) is 14.4. The van der Waals surface area contributed by atoms with Crippen molar-refractivity contribution in [2.24, 2.45) is 5.92 Å². The third-order valence-electron chi connectivity index (χ3n) is 2.03. The summed E-state index contributed by atoms with van der Waals surface area (Å²) in [5, 5.41) is 15.8. The van der Waals surface area contributed by atoms with Crippen molar-refractivity contribution in [3.05, 3.63) is 0 Å². The van der Waals surface area contributed by atoms with Crippen LogP contribution < -0.4 is 5.32 Å². The van der Waals surface area contributed by atoms with E-state index in [4.69, 9.17) is 4.74 Å². The van der Waals surface area contributed by atoms with Crippen LogP contribution in [0.5, 0.6) is 0 Å². The SMILES string of the molecule is CCOCSc1nnnn1CCNCC(C)C. The van der Waals surface area contributed by atoms with Gasteiger partial charge < -0.3 is 10.1 Å². The minimum absolute atomic E-state index is 0.594. The highest BCUT2D eigenvalue weighted by Gasteiger charge is 2.05. The highest BCUT2D eigenvalue weighted by atomic mass is 32.2. The number of thioether (sulfide) groups is 1. The lowest BCUT2D eigenvalue weighted by Crippen LogP contribution is -2.24. The molecule has 0 aliphatic rings. The summed E-state index contributed by atoms with van der Waals surface area (Å²) in [6.07, 6.45) is 0. The van der Waals surface area contributed by atoms with Gasteiger partial charge in [-0.15, -0.1) is 5.10 Å². The van der Waals surface area contributed by atoms with E-state index < -0.39 is 0 Å². The molecule has 17 heavy (non-hydrogen) atoms. The van der Waals surface area contributed by atoms with Crippen LogP contribution in [0, 0.1) is 5.92 Å². The highest BCUT2D eigenvalue weighted by molar-refractivity contribution is 7.99. The van der Waals surface area contributed by atoms with E-state index in [1.165, 1.54) is 11.8 Å². The first-order valence-corrected chi connectivity index (χ1v) is 6.90. The normalized spacial score (nSPS) is 11.3. The summed E-state index contributed by atoms with van der Waals surface area (Å²) in [6.45, 7) is 9.74. The molecule has 0 saturated carbocycles. The molecule has 0 saturated heterocycles. The summed E-state index contributed by atoms with van der Waals surface area (Å²) >= 11 is 1.52. The predicted molar refractivity (Wildman–Crippen MR) is 67.9 cm³/mol. The maximum absolute atomic E-state index is 5.26. The van der Waals surface area contributed by atoms with Gasteiger partial charge in [0.1, 0.15) is 0 Å². The van der Waals surface area contributed by atoms with Crippen LogP contribution in [-0.4, -0.2) is 45.8 Å². The van der Waals surface area contributed by atoms with Crippen LogP contribution in [0.3, 0.4) is 0 Å². The van der Waals surface area contributed by atoms with E-state index >= 15 is 0 Å². The molecule has 0 radical (unpaired) electrons. The van der Waals surface area contributed by atoms with Gasteiger partial charge >= 0.3 is 0 Å². The van der Waals surface area contributed by atoms with E-state index in [0.29, 0.717) is 18.5 Å². The van der Waals surface area contributed by atoms with Crippen molar-refractivity contribution >= 4 is 11.8 Å². The Kier molecular flexibility index (Phi) is 7.14. The van der Waals surface area contributed by atoms with Gasteiger partial charge in [0.2, 0.25) is 5.16 Å². The number of hydrogen-bond acceptors (Lipinski definition) is 6. The minimum Gasteiger partial charge on any atom is -0.371 e. The smallest absolute Gasteiger partial charge is 0.211 e. The summed E-state index contributed by atoms with van der Waals surface area (Å²) in [5.41, 5.74) is 0. The van der Waals surface area contributed by atoms with Crippen molar-refractivity contribution in [2.75, 3.05) is 25.6 Å². The molecule has 98 valence electrons. The summed E-state index contributed by atoms with van der Waals surface area (Å²) in [5.74, 6) is 1.26. The Hall–Kier alpha value is -0.660. The van der Waals surface area contributed by atoms with Crippen LogP contribution in [0.25, 0.3) is 0 Å². The van der Waals surface area contributed by atoms with Crippen LogP contribution in [0.1, 0.15) is 20.8 Å². The van der Waals surface area contributed by atoms with Crippen molar-refractivity contribution < 1.29 is 4.74 Å². The lowest BCUT2D eigenvalue weighted by atomic mass is 10.2. The molecule has 7 heteroatoms.